The number of nitrogens with one attached hydrogen (secondary N) is 2. The van der Waals surface area contributed by atoms with Crippen molar-refractivity contribution in [1.82, 2.24) is 0 Å². The Bertz CT molecular complexity index is 532. The van der Waals surface area contributed by atoms with Crippen molar-refractivity contribution in [2.24, 2.45) is 4.99 Å². The van der Waals surface area contributed by atoms with Crippen LogP contribution in [0.3, 0.4) is 0 Å². The molecule has 1 aliphatic heterocycles. The molecule has 0 saturated heterocycles. The minimum Gasteiger partial charge on any atom is -1.00 e. The van der Waals surface area contributed by atoms with Gasteiger partial charge >= 0.3 is 0 Å². The number of dihydropyridines is 1. The van der Waals surface area contributed by atoms with Gasteiger partial charge in [0.1, 0.15) is 5.71 Å². The maximum absolute atomic E-state index is 7.92. The summed E-state index contributed by atoms with van der Waals surface area (Å²) in [5.74, 6) is 0.0435. The van der Waals surface area contributed by atoms with Crippen LogP contribution in [0.1, 0.15) is 19.4 Å². The molecule has 3 nitrogen and oxygen atoms in total. The van der Waals surface area contributed by atoms with E-state index in [1.54, 1.807) is 0 Å². The second-order valence-electron chi connectivity index (χ2n) is 3.79. The predicted molar refractivity (Wildman–Crippen MR) is 67.6 cm³/mol. The Balaban J connectivity index is 0.00000144. The van der Waals surface area contributed by atoms with E-state index < -0.39 is 0 Å². The fraction of sp³-hybridized carbons (Fsp3) is 0.154. The summed E-state index contributed by atoms with van der Waals surface area (Å²) in [6, 6.07) is 9.73. The van der Waals surface area contributed by atoms with Gasteiger partial charge in [0.05, 0.1) is 0 Å². The Morgan fingerprint density at radius 3 is 2.11 bits per heavy atom. The van der Waals surface area contributed by atoms with Crippen molar-refractivity contribution in [3.8, 4) is 0 Å². The second-order valence-corrected chi connectivity index (χ2v) is 3.79. The Labute approximate surface area is 123 Å². The van der Waals surface area contributed by atoms with E-state index in [-0.39, 0.29) is 41.0 Å². The van der Waals surface area contributed by atoms with Gasteiger partial charge in [0.25, 0.3) is 0 Å². The average Bonchev–Trinajstić information content (AvgIpc) is 2.28. The molecule has 0 radical (unpaired) electrons. The van der Waals surface area contributed by atoms with Crippen molar-refractivity contribution in [2.75, 3.05) is 0 Å². The van der Waals surface area contributed by atoms with Crippen LogP contribution < -0.4 is 12.4 Å². The first-order valence-electron chi connectivity index (χ1n) is 5.11. The van der Waals surface area contributed by atoms with Crippen molar-refractivity contribution in [3.05, 3.63) is 41.5 Å². The summed E-state index contributed by atoms with van der Waals surface area (Å²) in [6.07, 6.45) is 0. The van der Waals surface area contributed by atoms with Crippen LogP contribution in [0.15, 0.2) is 40.9 Å². The van der Waals surface area contributed by atoms with E-state index >= 15 is 0 Å². The number of amidine groups is 1. The Morgan fingerprint density at radius 1 is 1.00 bits per heavy atom. The maximum Gasteiger partial charge on any atom is 0.170 e. The molecule has 5 heteroatoms. The second kappa shape index (κ2) is 6.64. The van der Waals surface area contributed by atoms with Gasteiger partial charge in [0.15, 0.2) is 5.84 Å². The van der Waals surface area contributed by atoms with Crippen LogP contribution in [-0.2, 0) is 17.1 Å². The number of benzene rings is 1. The molecular formula is C13H13ClFeN3-. The molecule has 0 aromatic heterocycles. The summed E-state index contributed by atoms with van der Waals surface area (Å²) in [4.78, 5) is 4.04. The van der Waals surface area contributed by atoms with E-state index in [2.05, 4.69) is 4.99 Å². The van der Waals surface area contributed by atoms with Crippen LogP contribution in [-0.4, -0.2) is 17.3 Å². The molecule has 0 bridgehead atoms. The number of nitrogens with zero attached hydrogens (tertiary/aromatic N) is 1. The quantitative estimate of drug-likeness (QED) is 0.683. The van der Waals surface area contributed by atoms with Crippen molar-refractivity contribution in [3.63, 3.8) is 0 Å². The molecule has 0 spiro atoms. The van der Waals surface area contributed by atoms with Gasteiger partial charge in [-0.25, -0.2) is 4.99 Å². The molecule has 96 valence electrons. The molecule has 0 atom stereocenters. The predicted octanol–water partition coefficient (Wildman–Crippen LogP) is -0.0669. The van der Waals surface area contributed by atoms with Crippen molar-refractivity contribution >= 4 is 22.8 Å². The molecule has 0 unspecified atom stereocenters. The first-order chi connectivity index (χ1) is 7.61. The maximum atomic E-state index is 7.92. The van der Waals surface area contributed by atoms with Crippen molar-refractivity contribution in [2.45, 2.75) is 13.8 Å². The van der Waals surface area contributed by atoms with Crippen LogP contribution >= 0.6 is 0 Å². The summed E-state index contributed by atoms with van der Waals surface area (Å²) < 4.78 is 0. The molecule has 18 heavy (non-hydrogen) atoms. The molecule has 1 aromatic carbocycles. The number of hydrogen-bond donors (Lipinski definition) is 2. The summed E-state index contributed by atoms with van der Waals surface area (Å²) in [6.45, 7) is 3.82. The number of rotatable bonds is 1. The minimum absolute atomic E-state index is 0. The summed E-state index contributed by atoms with van der Waals surface area (Å²) in [5, 5.41) is 15.6. The topological polar surface area (TPSA) is 60.1 Å². The fourth-order valence-electron chi connectivity index (χ4n) is 1.76. The molecule has 0 saturated carbocycles. The van der Waals surface area contributed by atoms with Gasteiger partial charge in [-0.15, -0.1) is 0 Å². The van der Waals surface area contributed by atoms with Crippen molar-refractivity contribution in [1.29, 1.82) is 10.8 Å². The van der Waals surface area contributed by atoms with E-state index in [4.69, 9.17) is 10.8 Å². The van der Waals surface area contributed by atoms with Gasteiger partial charge in [0, 0.05) is 28.4 Å². The first kappa shape index (κ1) is 16.8. The van der Waals surface area contributed by atoms with Crippen LogP contribution in [0.25, 0.3) is 5.57 Å². The van der Waals surface area contributed by atoms with Gasteiger partial charge in [-0.2, -0.15) is 0 Å². The zero-order valence-corrected chi connectivity index (χ0v) is 11.9. The van der Waals surface area contributed by atoms with Crippen molar-refractivity contribution < 1.29 is 29.5 Å². The fourth-order valence-corrected chi connectivity index (χ4v) is 1.76. The largest absolute Gasteiger partial charge is 1.00 e. The Morgan fingerprint density at radius 2 is 1.56 bits per heavy atom. The van der Waals surface area contributed by atoms with E-state index in [0.717, 1.165) is 22.4 Å². The SMILES string of the molecule is CC1=NC(=N)C(=N)C(c2ccccc2)=C1C.[Cl-].[Fe]. The van der Waals surface area contributed by atoms with Gasteiger partial charge in [0.2, 0.25) is 0 Å². The standard InChI is InChI=1S/C13H13N3.ClH.Fe/c1-8-9(2)16-13(15)12(14)11(8)10-6-4-3-5-7-10;;/h3-7,14-15H,1-2H3;1H;/p-1. The third kappa shape index (κ3) is 2.96. The van der Waals surface area contributed by atoms with Crippen LogP contribution in [0.2, 0.25) is 0 Å². The Kier molecular flexibility index (Phi) is 6.19. The number of hydrogen-bond acceptors (Lipinski definition) is 2. The third-order valence-corrected chi connectivity index (χ3v) is 2.75. The average molecular weight is 303 g/mol. The summed E-state index contributed by atoms with van der Waals surface area (Å²) >= 11 is 0. The zero-order chi connectivity index (χ0) is 11.7. The molecule has 0 aliphatic carbocycles. The van der Waals surface area contributed by atoms with Crippen LogP contribution in [0, 0.1) is 10.8 Å². The smallest absolute Gasteiger partial charge is 0.170 e. The van der Waals surface area contributed by atoms with Crippen LogP contribution in [0.5, 0.6) is 0 Å². The molecule has 1 aromatic rings. The van der Waals surface area contributed by atoms with E-state index in [1.807, 2.05) is 44.2 Å². The molecule has 0 fully saturated rings. The zero-order valence-electron chi connectivity index (χ0n) is 10.1. The molecule has 1 heterocycles. The van der Waals surface area contributed by atoms with Gasteiger partial charge in [-0.1, -0.05) is 30.3 Å². The molecular weight excluding hydrogens is 289 g/mol. The van der Waals surface area contributed by atoms with Gasteiger partial charge in [-0.05, 0) is 25.0 Å². The normalized spacial score (nSPS) is 14.7. The number of halogens is 1. The first-order valence-corrected chi connectivity index (χ1v) is 5.11. The summed E-state index contributed by atoms with van der Waals surface area (Å²) in [5.41, 5.74) is 3.79. The van der Waals surface area contributed by atoms with E-state index in [1.165, 1.54) is 0 Å². The monoisotopic (exact) mass is 302 g/mol. The minimum atomic E-state index is 0. The number of aliphatic imine (C=N–C) groups is 1. The molecule has 0 amide bonds. The Hall–Kier alpha value is -1.22. The summed E-state index contributed by atoms with van der Waals surface area (Å²) in [7, 11) is 0. The third-order valence-electron chi connectivity index (χ3n) is 2.75. The van der Waals surface area contributed by atoms with E-state index in [0.29, 0.717) is 0 Å². The molecule has 2 N–H and O–H groups in total. The van der Waals surface area contributed by atoms with Crippen LogP contribution in [0.4, 0.5) is 0 Å². The van der Waals surface area contributed by atoms with Gasteiger partial charge < -0.3 is 12.4 Å². The van der Waals surface area contributed by atoms with Gasteiger partial charge in [-0.3, -0.25) is 10.8 Å². The number of allylic oxidation sites excluding steroid dienone is 1. The molecule has 2 rings (SSSR count). The molecule has 1 aliphatic rings. The van der Waals surface area contributed by atoms with E-state index in [9.17, 15) is 0 Å².